The zero-order valence-electron chi connectivity index (χ0n) is 9.61. The summed E-state index contributed by atoms with van der Waals surface area (Å²) in [4.78, 5) is 11.0. The fourth-order valence-electron chi connectivity index (χ4n) is 1.84. The topological polar surface area (TPSA) is 46.9 Å². The van der Waals surface area contributed by atoms with E-state index in [1.165, 1.54) is 0 Å². The Labute approximate surface area is 105 Å². The highest BCUT2D eigenvalue weighted by Gasteiger charge is 2.07. The number of aromatic nitrogens is 2. The van der Waals surface area contributed by atoms with E-state index in [4.69, 9.17) is 11.6 Å². The van der Waals surface area contributed by atoms with E-state index in [1.807, 2.05) is 36.0 Å². The Kier molecular flexibility index (Phi) is 3.64. The van der Waals surface area contributed by atoms with Gasteiger partial charge in [-0.15, -0.1) is 11.6 Å². The molecule has 2 rings (SSSR count). The first kappa shape index (κ1) is 11.9. The Morgan fingerprint density at radius 3 is 3.00 bits per heavy atom. The predicted molar refractivity (Wildman–Crippen MR) is 68.1 cm³/mol. The fraction of sp³-hybridized carbons (Fsp3) is 0.333. The molecule has 0 aliphatic carbocycles. The average Bonchev–Trinajstić information content (AvgIpc) is 2.67. The molecule has 5 heteroatoms. The second-order valence-electron chi connectivity index (χ2n) is 3.82. The van der Waals surface area contributed by atoms with E-state index in [9.17, 15) is 4.79 Å². The highest BCUT2D eigenvalue weighted by atomic mass is 35.5. The van der Waals surface area contributed by atoms with Crippen molar-refractivity contribution in [2.45, 2.75) is 6.42 Å². The summed E-state index contributed by atoms with van der Waals surface area (Å²) in [5.74, 6) is -0.143. The van der Waals surface area contributed by atoms with Crippen LogP contribution in [0.3, 0.4) is 0 Å². The Morgan fingerprint density at radius 2 is 2.24 bits per heavy atom. The number of hydrogen-bond donors (Lipinski definition) is 1. The minimum atomic E-state index is -0.146. The highest BCUT2D eigenvalue weighted by Crippen LogP contribution is 2.17. The summed E-state index contributed by atoms with van der Waals surface area (Å²) < 4.78 is 1.86. The molecule has 1 amide bonds. The summed E-state index contributed by atoms with van der Waals surface area (Å²) in [6, 6.07) is 8.05. The van der Waals surface area contributed by atoms with Gasteiger partial charge in [-0.25, -0.2) is 0 Å². The highest BCUT2D eigenvalue weighted by molar-refractivity contribution is 6.27. The number of fused-ring (bicyclic) bond motifs is 1. The molecule has 0 radical (unpaired) electrons. The maximum Gasteiger partial charge on any atom is 0.234 e. The number of rotatable bonds is 4. The summed E-state index contributed by atoms with van der Waals surface area (Å²) >= 11 is 5.40. The molecule has 0 saturated heterocycles. The van der Waals surface area contributed by atoms with Gasteiger partial charge in [0.15, 0.2) is 0 Å². The zero-order chi connectivity index (χ0) is 12.3. The summed E-state index contributed by atoms with van der Waals surface area (Å²) in [5, 5.41) is 8.31. The number of carbonyl (C=O) groups is 1. The molecule has 0 aliphatic rings. The van der Waals surface area contributed by atoms with Crippen LogP contribution >= 0.6 is 11.6 Å². The Hall–Kier alpha value is -1.55. The van der Waals surface area contributed by atoms with Crippen LogP contribution < -0.4 is 5.32 Å². The number of carbonyl (C=O) groups excluding carboxylic acids is 1. The van der Waals surface area contributed by atoms with Crippen molar-refractivity contribution in [2.75, 3.05) is 12.4 Å². The largest absolute Gasteiger partial charge is 0.355 e. The van der Waals surface area contributed by atoms with Crippen LogP contribution in [-0.2, 0) is 18.3 Å². The van der Waals surface area contributed by atoms with Gasteiger partial charge < -0.3 is 5.32 Å². The van der Waals surface area contributed by atoms with Gasteiger partial charge in [0.05, 0.1) is 11.2 Å². The molecule has 0 fully saturated rings. The van der Waals surface area contributed by atoms with Gasteiger partial charge in [0.25, 0.3) is 0 Å². The van der Waals surface area contributed by atoms with Crippen LogP contribution in [0.2, 0.25) is 0 Å². The molecule has 0 aliphatic heterocycles. The van der Waals surface area contributed by atoms with Gasteiger partial charge in [-0.05, 0) is 6.07 Å². The lowest BCUT2D eigenvalue weighted by Crippen LogP contribution is -2.26. The van der Waals surface area contributed by atoms with Gasteiger partial charge in [0.1, 0.15) is 5.88 Å². The zero-order valence-corrected chi connectivity index (χ0v) is 10.4. The second kappa shape index (κ2) is 5.19. The number of para-hydroxylation sites is 1. The van der Waals surface area contributed by atoms with Crippen molar-refractivity contribution >= 4 is 28.4 Å². The molecule has 1 aromatic heterocycles. The van der Waals surface area contributed by atoms with Crippen molar-refractivity contribution in [1.29, 1.82) is 0 Å². The number of halogens is 1. The monoisotopic (exact) mass is 251 g/mol. The lowest BCUT2D eigenvalue weighted by Gasteiger charge is -2.00. The normalized spacial score (nSPS) is 10.7. The minimum absolute atomic E-state index is 0.00294. The van der Waals surface area contributed by atoms with Crippen LogP contribution in [0.4, 0.5) is 0 Å². The number of benzene rings is 1. The molecule has 1 heterocycles. The van der Waals surface area contributed by atoms with E-state index < -0.39 is 0 Å². The first-order valence-corrected chi connectivity index (χ1v) is 5.99. The summed E-state index contributed by atoms with van der Waals surface area (Å²) in [5.41, 5.74) is 2.10. The summed E-state index contributed by atoms with van der Waals surface area (Å²) in [7, 11) is 1.92. The molecule has 17 heavy (non-hydrogen) atoms. The van der Waals surface area contributed by atoms with Crippen LogP contribution in [0.1, 0.15) is 5.69 Å². The molecule has 1 aromatic carbocycles. The molecular formula is C12H14ClN3O. The Balaban J connectivity index is 2.11. The summed E-state index contributed by atoms with van der Waals surface area (Å²) in [6.07, 6.45) is 0.712. The van der Waals surface area contributed by atoms with E-state index >= 15 is 0 Å². The molecule has 90 valence electrons. The van der Waals surface area contributed by atoms with Gasteiger partial charge in [-0.1, -0.05) is 18.2 Å². The molecule has 1 N–H and O–H groups in total. The molecule has 4 nitrogen and oxygen atoms in total. The van der Waals surface area contributed by atoms with Crippen LogP contribution in [-0.4, -0.2) is 28.1 Å². The van der Waals surface area contributed by atoms with Gasteiger partial charge in [-0.2, -0.15) is 5.10 Å². The second-order valence-corrected chi connectivity index (χ2v) is 4.09. The number of alkyl halides is 1. The SMILES string of the molecule is Cn1nc(CCNC(=O)CCl)c2ccccc21. The molecular weight excluding hydrogens is 238 g/mol. The smallest absolute Gasteiger partial charge is 0.234 e. The predicted octanol–water partition coefficient (Wildman–Crippen LogP) is 1.47. The third-order valence-electron chi connectivity index (χ3n) is 2.64. The molecule has 0 spiro atoms. The van der Waals surface area contributed by atoms with Crippen molar-refractivity contribution in [3.8, 4) is 0 Å². The van der Waals surface area contributed by atoms with E-state index in [2.05, 4.69) is 10.4 Å². The van der Waals surface area contributed by atoms with Crippen molar-refractivity contribution in [3.63, 3.8) is 0 Å². The van der Waals surface area contributed by atoms with Crippen LogP contribution in [0, 0.1) is 0 Å². The Bertz CT molecular complexity index is 536. The Morgan fingerprint density at radius 1 is 1.47 bits per heavy atom. The van der Waals surface area contributed by atoms with Crippen LogP contribution in [0.15, 0.2) is 24.3 Å². The molecule has 0 bridgehead atoms. The lowest BCUT2D eigenvalue weighted by molar-refractivity contribution is -0.118. The van der Waals surface area contributed by atoms with E-state index in [-0.39, 0.29) is 11.8 Å². The lowest BCUT2D eigenvalue weighted by atomic mass is 10.2. The van der Waals surface area contributed by atoms with Crippen LogP contribution in [0.25, 0.3) is 10.9 Å². The molecule has 2 aromatic rings. The van der Waals surface area contributed by atoms with Crippen molar-refractivity contribution in [2.24, 2.45) is 7.05 Å². The first-order chi connectivity index (χ1) is 8.22. The first-order valence-electron chi connectivity index (χ1n) is 5.45. The van der Waals surface area contributed by atoms with Gasteiger partial charge in [0, 0.05) is 25.4 Å². The van der Waals surface area contributed by atoms with E-state index in [0.29, 0.717) is 13.0 Å². The number of nitrogens with zero attached hydrogens (tertiary/aromatic N) is 2. The van der Waals surface area contributed by atoms with Crippen LogP contribution in [0.5, 0.6) is 0 Å². The third kappa shape index (κ3) is 2.58. The maximum absolute atomic E-state index is 11.0. The molecule has 0 unspecified atom stereocenters. The average molecular weight is 252 g/mol. The van der Waals surface area contributed by atoms with Gasteiger partial charge in [0.2, 0.25) is 5.91 Å². The number of amides is 1. The van der Waals surface area contributed by atoms with Crippen molar-refractivity contribution in [1.82, 2.24) is 15.1 Å². The summed E-state index contributed by atoms with van der Waals surface area (Å²) in [6.45, 7) is 0.562. The number of hydrogen-bond acceptors (Lipinski definition) is 2. The maximum atomic E-state index is 11.0. The quantitative estimate of drug-likeness (QED) is 0.837. The van der Waals surface area contributed by atoms with Gasteiger partial charge in [-0.3, -0.25) is 9.48 Å². The number of aryl methyl sites for hydroxylation is 1. The third-order valence-corrected chi connectivity index (χ3v) is 2.88. The van der Waals surface area contributed by atoms with E-state index in [0.717, 1.165) is 16.6 Å². The number of nitrogens with one attached hydrogen (secondary N) is 1. The fourth-order valence-corrected chi connectivity index (χ4v) is 1.94. The van der Waals surface area contributed by atoms with Crippen molar-refractivity contribution in [3.05, 3.63) is 30.0 Å². The molecule has 0 atom stereocenters. The molecule has 0 saturated carbocycles. The van der Waals surface area contributed by atoms with E-state index in [1.54, 1.807) is 0 Å². The standard InChI is InChI=1S/C12H14ClN3O/c1-16-11-5-3-2-4-9(11)10(15-16)6-7-14-12(17)8-13/h2-5H,6-8H2,1H3,(H,14,17). The van der Waals surface area contributed by atoms with Crippen molar-refractivity contribution < 1.29 is 4.79 Å². The minimum Gasteiger partial charge on any atom is -0.355 e. The van der Waals surface area contributed by atoms with Gasteiger partial charge >= 0.3 is 0 Å².